The summed E-state index contributed by atoms with van der Waals surface area (Å²) in [6.45, 7) is 15.1. The van der Waals surface area contributed by atoms with Crippen molar-refractivity contribution in [1.29, 1.82) is 5.26 Å². The van der Waals surface area contributed by atoms with Gasteiger partial charge in [-0.05, 0) is 91.9 Å². The third kappa shape index (κ3) is 42.3. The number of hydrogen-bond donors (Lipinski definition) is 1. The largest absolute Gasteiger partial charge is 0.379 e. The number of rotatable bonds is 51. The molecule has 2 unspecified atom stereocenters. The van der Waals surface area contributed by atoms with Gasteiger partial charge in [0.2, 0.25) is 0 Å². The number of unbranched alkanes of at least 4 members (excludes halogenated alkanes) is 32. The first-order valence-electron chi connectivity index (χ1n) is 27.7. The van der Waals surface area contributed by atoms with Crippen LogP contribution >= 0.6 is 7.87 Å². The maximum absolute atomic E-state index is 11.9. The lowest BCUT2D eigenvalue weighted by atomic mass is 10.1. The molecule has 0 heterocycles. The minimum Gasteiger partial charge on any atom is -0.379 e. The van der Waals surface area contributed by atoms with Gasteiger partial charge in [0.15, 0.2) is 0 Å². The molecule has 0 fully saturated rings. The summed E-state index contributed by atoms with van der Waals surface area (Å²) in [7, 11) is -2.96. The van der Waals surface area contributed by atoms with Crippen LogP contribution in [0, 0.1) is 11.3 Å². The summed E-state index contributed by atoms with van der Waals surface area (Å²) >= 11 is 0. The molecule has 0 radical (unpaired) electrons. The fourth-order valence-electron chi connectivity index (χ4n) is 8.79. The van der Waals surface area contributed by atoms with Crippen molar-refractivity contribution in [1.82, 2.24) is 4.67 Å². The highest BCUT2D eigenvalue weighted by atomic mass is 31.2. The van der Waals surface area contributed by atoms with Crippen molar-refractivity contribution in [3.63, 3.8) is 0 Å². The van der Waals surface area contributed by atoms with Crippen molar-refractivity contribution in [2.75, 3.05) is 32.6 Å². The summed E-state index contributed by atoms with van der Waals surface area (Å²) in [5.41, 5.74) is 0. The Morgan fingerprint density at radius 2 is 0.810 bits per heavy atom. The molecule has 0 spiro atoms. The molecular formula is C56H110N2O4P+. The number of ether oxygens (including phenoxy) is 2. The molecule has 63 heavy (non-hydrogen) atoms. The molecule has 0 aliphatic carbocycles. The summed E-state index contributed by atoms with van der Waals surface area (Å²) in [5, 5.41) is 9.38. The summed E-state index contributed by atoms with van der Waals surface area (Å²) in [4.78, 5) is 11.9. The van der Waals surface area contributed by atoms with Crippen LogP contribution in [0.1, 0.15) is 279 Å². The van der Waals surface area contributed by atoms with E-state index in [0.717, 1.165) is 19.4 Å². The third-order valence-corrected chi connectivity index (χ3v) is 15.5. The van der Waals surface area contributed by atoms with E-state index in [0.29, 0.717) is 19.4 Å². The van der Waals surface area contributed by atoms with Crippen LogP contribution in [0.3, 0.4) is 0 Å². The van der Waals surface area contributed by atoms with Crippen LogP contribution in [-0.2, 0) is 14.0 Å². The maximum Gasteiger partial charge on any atom is 0.346 e. The van der Waals surface area contributed by atoms with Gasteiger partial charge in [-0.3, -0.25) is 0 Å². The second-order valence-corrected chi connectivity index (χ2v) is 21.9. The second kappa shape index (κ2) is 49.1. The molecule has 0 aliphatic rings. The predicted molar refractivity (Wildman–Crippen MR) is 279 cm³/mol. The minimum absolute atomic E-state index is 0.112. The fraction of sp³-hybridized carbons (Fsp3) is 0.911. The highest BCUT2D eigenvalue weighted by Gasteiger charge is 2.49. The van der Waals surface area contributed by atoms with Crippen LogP contribution in [0.15, 0.2) is 24.3 Å². The van der Waals surface area contributed by atoms with E-state index in [2.05, 4.69) is 76.6 Å². The molecule has 0 amide bonds. The summed E-state index contributed by atoms with van der Waals surface area (Å²) in [5.74, 6) is 0. The Bertz CT molecular complexity index is 1010. The van der Waals surface area contributed by atoms with Crippen LogP contribution in [0.2, 0.25) is 0 Å². The molecule has 0 aromatic heterocycles. The van der Waals surface area contributed by atoms with E-state index >= 15 is 0 Å². The van der Waals surface area contributed by atoms with Gasteiger partial charge in [0.05, 0.1) is 19.1 Å². The Morgan fingerprint density at radius 3 is 1.16 bits per heavy atom. The first-order valence-corrected chi connectivity index (χ1v) is 29.5. The van der Waals surface area contributed by atoms with Gasteiger partial charge in [-0.15, -0.1) is 4.67 Å². The molecule has 0 aromatic rings. The molecule has 0 aliphatic heterocycles. The Hall–Kier alpha value is -0.800. The van der Waals surface area contributed by atoms with E-state index in [-0.39, 0.29) is 31.2 Å². The van der Waals surface area contributed by atoms with Crippen molar-refractivity contribution in [3.8, 4) is 6.07 Å². The van der Waals surface area contributed by atoms with Crippen molar-refractivity contribution in [2.24, 2.45) is 0 Å². The first-order chi connectivity index (χ1) is 30.8. The Balaban J connectivity index is 4.31. The summed E-state index contributed by atoms with van der Waals surface area (Å²) < 4.78 is 21.1. The molecule has 372 valence electrons. The zero-order valence-corrected chi connectivity index (χ0v) is 44.1. The quantitative estimate of drug-likeness (QED) is 0.0372. The van der Waals surface area contributed by atoms with Gasteiger partial charge in [0.25, 0.3) is 0 Å². The van der Waals surface area contributed by atoms with Crippen molar-refractivity contribution < 1.29 is 18.9 Å². The minimum atomic E-state index is -2.96. The van der Waals surface area contributed by atoms with Gasteiger partial charge in [0, 0.05) is 25.3 Å². The van der Waals surface area contributed by atoms with Crippen LogP contribution in [0.25, 0.3) is 0 Å². The van der Waals surface area contributed by atoms with Crippen molar-refractivity contribution in [2.45, 2.75) is 297 Å². The van der Waals surface area contributed by atoms with E-state index in [1.54, 1.807) is 0 Å². The van der Waals surface area contributed by atoms with E-state index in [4.69, 9.17) is 14.0 Å². The molecule has 0 aromatic carbocycles. The van der Waals surface area contributed by atoms with Crippen LogP contribution < -0.4 is 0 Å². The van der Waals surface area contributed by atoms with Crippen LogP contribution in [0.5, 0.6) is 0 Å². The van der Waals surface area contributed by atoms with Gasteiger partial charge in [-0.25, -0.2) is 4.89 Å². The zero-order valence-electron chi connectivity index (χ0n) is 43.3. The smallest absolute Gasteiger partial charge is 0.346 e. The summed E-state index contributed by atoms with van der Waals surface area (Å²) in [6.07, 6.45) is 57.9. The number of nitriles is 1. The van der Waals surface area contributed by atoms with Crippen LogP contribution in [-0.4, -0.2) is 60.3 Å². The fourth-order valence-corrected chi connectivity index (χ4v) is 11.5. The topological polar surface area (TPSA) is 75.0 Å². The number of hydrogen-bond acceptors (Lipinski definition) is 6. The molecule has 0 saturated carbocycles. The maximum atomic E-state index is 11.9. The van der Waals surface area contributed by atoms with Gasteiger partial charge in [-0.2, -0.15) is 9.79 Å². The van der Waals surface area contributed by atoms with E-state index in [1.807, 2.05) is 0 Å². The number of allylic oxidation sites excluding steroid dienone is 4. The lowest BCUT2D eigenvalue weighted by Gasteiger charge is -2.35. The molecular weight excluding hydrogens is 796 g/mol. The lowest BCUT2D eigenvalue weighted by Crippen LogP contribution is -2.40. The van der Waals surface area contributed by atoms with Crippen LogP contribution in [0.4, 0.5) is 0 Å². The standard InChI is InChI=1S/C56H110N2O4P/c1-7-9-11-13-15-17-19-21-23-25-27-29-31-33-35-37-39-41-43-45-49-60-52-56(53-62-63(59,51-47-48-57)58(54(3)4)55(5)6)61-50-46-44-42-40-38-36-34-32-30-28-26-24-22-20-18-16-14-12-10-8-2/h21-24,54-56,59H,7-20,25-47,49-53H2,1-6H3/q+1/b23-21-,24-22-. The SMILES string of the molecule is CCCCCCCC/C=C\CCCCCCCCCCCCOCC(CO[P+](O)(CCC#N)N(C(C)C)C(C)C)OCCCCCCCCCCCC/C=C\CCCCCCCC. The molecule has 6 nitrogen and oxygen atoms in total. The molecule has 7 heteroatoms. The third-order valence-electron chi connectivity index (χ3n) is 12.5. The zero-order chi connectivity index (χ0) is 46.2. The Morgan fingerprint density at radius 1 is 0.476 bits per heavy atom. The van der Waals surface area contributed by atoms with Gasteiger partial charge < -0.3 is 9.47 Å². The average Bonchev–Trinajstić information content (AvgIpc) is 3.26. The Kier molecular flexibility index (Phi) is 48.5. The molecule has 1 N–H and O–H groups in total. The highest BCUT2D eigenvalue weighted by molar-refractivity contribution is 7.63. The summed E-state index contributed by atoms with van der Waals surface area (Å²) in [6, 6.07) is 2.45. The lowest BCUT2D eigenvalue weighted by molar-refractivity contribution is -0.0418. The number of nitrogens with zero attached hydrogens (tertiary/aromatic N) is 2. The average molecular weight is 906 g/mol. The molecule has 0 saturated heterocycles. The van der Waals surface area contributed by atoms with E-state index < -0.39 is 7.87 Å². The normalized spacial score (nSPS) is 13.7. The molecule has 0 bridgehead atoms. The van der Waals surface area contributed by atoms with Crippen molar-refractivity contribution in [3.05, 3.63) is 24.3 Å². The van der Waals surface area contributed by atoms with E-state index in [9.17, 15) is 10.2 Å². The first kappa shape index (κ1) is 62.2. The van der Waals surface area contributed by atoms with Gasteiger partial charge in [0.1, 0.15) is 18.9 Å². The van der Waals surface area contributed by atoms with Gasteiger partial charge >= 0.3 is 7.87 Å². The second-order valence-electron chi connectivity index (χ2n) is 19.4. The van der Waals surface area contributed by atoms with E-state index in [1.165, 1.54) is 218 Å². The Labute approximate surface area is 395 Å². The van der Waals surface area contributed by atoms with Crippen molar-refractivity contribution >= 4 is 7.87 Å². The highest BCUT2D eigenvalue weighted by Crippen LogP contribution is 2.61. The molecule has 2 atom stereocenters. The molecule has 0 rings (SSSR count). The monoisotopic (exact) mass is 906 g/mol. The van der Waals surface area contributed by atoms with Gasteiger partial charge in [-0.1, -0.05) is 205 Å². The predicted octanol–water partition coefficient (Wildman–Crippen LogP) is 18.4.